The number of hydrogen-bond acceptors (Lipinski definition) is 5. The summed E-state index contributed by atoms with van der Waals surface area (Å²) in [7, 11) is 0. The first-order valence-corrected chi connectivity index (χ1v) is 12.2. The van der Waals surface area contributed by atoms with Crippen molar-refractivity contribution in [1.82, 2.24) is 14.9 Å². The first-order chi connectivity index (χ1) is 15.7. The molecule has 2 aliphatic rings. The first kappa shape index (κ1) is 20.9. The third kappa shape index (κ3) is 4.35. The highest BCUT2D eigenvalue weighted by atomic mass is 32.2. The van der Waals surface area contributed by atoms with Crippen LogP contribution in [0.3, 0.4) is 0 Å². The number of carbonyl (C=O) groups is 1. The summed E-state index contributed by atoms with van der Waals surface area (Å²) in [6, 6.07) is 16.0. The number of aryl methyl sites for hydroxylation is 1. The Balaban J connectivity index is 1.28. The van der Waals surface area contributed by atoms with E-state index in [0.29, 0.717) is 19.0 Å². The van der Waals surface area contributed by atoms with Gasteiger partial charge in [-0.05, 0) is 62.4 Å². The number of hydrogen-bond donors (Lipinski definition) is 1. The summed E-state index contributed by atoms with van der Waals surface area (Å²) in [5, 5.41) is 3.99. The fourth-order valence-corrected chi connectivity index (χ4v) is 5.14. The Morgan fingerprint density at radius 2 is 1.88 bits per heavy atom. The number of carbonyl (C=O) groups excluding carboxylic acids is 1. The second-order valence-corrected chi connectivity index (χ2v) is 9.09. The van der Waals surface area contributed by atoms with Crippen LogP contribution in [0, 0.1) is 0 Å². The predicted octanol–water partition coefficient (Wildman–Crippen LogP) is 4.49. The molecule has 0 saturated heterocycles. The smallest absolute Gasteiger partial charge is 0.230 e. The predicted molar refractivity (Wildman–Crippen MR) is 125 cm³/mol. The van der Waals surface area contributed by atoms with Crippen LogP contribution in [0.1, 0.15) is 42.8 Å². The van der Waals surface area contributed by atoms with E-state index in [1.165, 1.54) is 36.0 Å². The van der Waals surface area contributed by atoms with Crippen molar-refractivity contribution in [3.63, 3.8) is 0 Å². The second kappa shape index (κ2) is 9.28. The summed E-state index contributed by atoms with van der Waals surface area (Å²) in [4.78, 5) is 17.7. The molecule has 2 aromatic carbocycles. The number of imidazole rings is 1. The summed E-state index contributed by atoms with van der Waals surface area (Å²) < 4.78 is 13.5. The molecule has 0 spiro atoms. The molecule has 0 radical (unpaired) electrons. The molecule has 6 nitrogen and oxygen atoms in total. The van der Waals surface area contributed by atoms with Crippen LogP contribution in [-0.4, -0.2) is 34.4 Å². The molecule has 0 saturated carbocycles. The number of nitrogens with one attached hydrogen (secondary N) is 1. The zero-order chi connectivity index (χ0) is 21.9. The van der Waals surface area contributed by atoms with Gasteiger partial charge in [0.2, 0.25) is 5.91 Å². The molecule has 166 valence electrons. The van der Waals surface area contributed by atoms with Gasteiger partial charge in [-0.25, -0.2) is 4.98 Å². The van der Waals surface area contributed by atoms with E-state index in [4.69, 9.17) is 14.5 Å². The second-order valence-electron chi connectivity index (χ2n) is 8.15. The Morgan fingerprint density at radius 1 is 1.09 bits per heavy atom. The van der Waals surface area contributed by atoms with Gasteiger partial charge in [-0.3, -0.25) is 9.36 Å². The monoisotopic (exact) mass is 449 g/mol. The maximum atomic E-state index is 12.8. The number of rotatable bonds is 6. The van der Waals surface area contributed by atoms with E-state index < -0.39 is 0 Å². The highest BCUT2D eigenvalue weighted by Gasteiger charge is 2.22. The van der Waals surface area contributed by atoms with Gasteiger partial charge in [0.1, 0.15) is 13.2 Å². The maximum Gasteiger partial charge on any atom is 0.230 e. The van der Waals surface area contributed by atoms with Crippen LogP contribution in [0.4, 0.5) is 0 Å². The van der Waals surface area contributed by atoms with Gasteiger partial charge in [-0.15, -0.1) is 0 Å². The Hall–Kier alpha value is -2.93. The number of ether oxygens (including phenoxy) is 2. The van der Waals surface area contributed by atoms with E-state index in [9.17, 15) is 4.79 Å². The van der Waals surface area contributed by atoms with Crippen molar-refractivity contribution in [3.8, 4) is 17.2 Å². The lowest BCUT2D eigenvalue weighted by Crippen LogP contribution is -2.28. The molecule has 0 bridgehead atoms. The first-order valence-electron chi connectivity index (χ1n) is 11.2. The van der Waals surface area contributed by atoms with Crippen molar-refractivity contribution in [2.24, 2.45) is 0 Å². The SMILES string of the molecule is CC(NC(=O)CSc1nc2c(n1-c1ccccc1)CCCC2)c1ccc2c(c1)OCCO2. The van der Waals surface area contributed by atoms with Crippen LogP contribution >= 0.6 is 11.8 Å². The topological polar surface area (TPSA) is 65.4 Å². The van der Waals surface area contributed by atoms with Gasteiger partial charge in [0.15, 0.2) is 16.7 Å². The van der Waals surface area contributed by atoms with Crippen LogP contribution in [0.5, 0.6) is 11.5 Å². The normalized spacial score (nSPS) is 15.7. The molecular formula is C25H27N3O3S. The van der Waals surface area contributed by atoms with Crippen LogP contribution < -0.4 is 14.8 Å². The van der Waals surface area contributed by atoms with Crippen LogP contribution in [-0.2, 0) is 17.6 Å². The molecule has 32 heavy (non-hydrogen) atoms. The minimum atomic E-state index is -0.124. The zero-order valence-corrected chi connectivity index (χ0v) is 19.0. The Labute approximate surface area is 192 Å². The van der Waals surface area contributed by atoms with E-state index >= 15 is 0 Å². The molecule has 1 amide bonds. The molecule has 1 N–H and O–H groups in total. The lowest BCUT2D eigenvalue weighted by Gasteiger charge is -2.21. The Bertz CT molecular complexity index is 1110. The summed E-state index contributed by atoms with van der Waals surface area (Å²) in [5.41, 5.74) is 4.56. The van der Waals surface area contributed by atoms with Crippen LogP contribution in [0.15, 0.2) is 53.7 Å². The minimum absolute atomic E-state index is 0.0158. The number of amides is 1. The zero-order valence-electron chi connectivity index (χ0n) is 18.2. The number of para-hydroxylation sites is 1. The van der Waals surface area contributed by atoms with Crippen LogP contribution in [0.25, 0.3) is 5.69 Å². The molecule has 5 rings (SSSR count). The fraction of sp³-hybridized carbons (Fsp3) is 0.360. The van der Waals surface area contributed by atoms with Crippen molar-refractivity contribution in [2.75, 3.05) is 19.0 Å². The number of aromatic nitrogens is 2. The average Bonchev–Trinajstić information content (AvgIpc) is 3.21. The molecule has 1 atom stereocenters. The third-order valence-corrected chi connectivity index (χ3v) is 6.83. The Morgan fingerprint density at radius 3 is 2.72 bits per heavy atom. The van der Waals surface area contributed by atoms with Crippen LogP contribution in [0.2, 0.25) is 0 Å². The van der Waals surface area contributed by atoms with Gasteiger partial charge in [0, 0.05) is 11.4 Å². The van der Waals surface area contributed by atoms with E-state index in [2.05, 4.69) is 22.0 Å². The largest absolute Gasteiger partial charge is 0.486 e. The van der Waals surface area contributed by atoms with Gasteiger partial charge in [0.05, 0.1) is 17.5 Å². The third-order valence-electron chi connectivity index (χ3n) is 5.89. The van der Waals surface area contributed by atoms with Gasteiger partial charge >= 0.3 is 0 Å². The average molecular weight is 450 g/mol. The Kier molecular flexibility index (Phi) is 6.08. The number of thioether (sulfide) groups is 1. The van der Waals surface area contributed by atoms with Gasteiger partial charge in [-0.2, -0.15) is 0 Å². The van der Waals surface area contributed by atoms with E-state index in [1.54, 1.807) is 0 Å². The van der Waals surface area contributed by atoms with Crippen molar-refractivity contribution in [3.05, 3.63) is 65.5 Å². The molecule has 3 aromatic rings. The molecule has 1 unspecified atom stereocenters. The summed E-state index contributed by atoms with van der Waals surface area (Å²) >= 11 is 1.50. The summed E-state index contributed by atoms with van der Waals surface area (Å²) in [5.74, 6) is 1.79. The molecule has 1 aliphatic heterocycles. The van der Waals surface area contributed by atoms with Crippen molar-refractivity contribution >= 4 is 17.7 Å². The van der Waals surface area contributed by atoms with Crippen molar-refractivity contribution in [2.45, 2.75) is 43.8 Å². The molecule has 1 aliphatic carbocycles. The lowest BCUT2D eigenvalue weighted by molar-refractivity contribution is -0.119. The van der Waals surface area contributed by atoms with E-state index in [-0.39, 0.29) is 11.9 Å². The van der Waals surface area contributed by atoms with Crippen molar-refractivity contribution in [1.29, 1.82) is 0 Å². The molecule has 7 heteroatoms. The summed E-state index contributed by atoms with van der Waals surface area (Å²) in [6.45, 7) is 3.10. The molecular weight excluding hydrogens is 422 g/mol. The number of fused-ring (bicyclic) bond motifs is 2. The van der Waals surface area contributed by atoms with E-state index in [0.717, 1.165) is 40.7 Å². The standard InChI is InChI=1S/C25H27N3O3S/c1-17(18-11-12-22-23(15-18)31-14-13-30-22)26-24(29)16-32-25-27-20-9-5-6-10-21(20)28(25)19-7-3-2-4-8-19/h2-4,7-8,11-12,15,17H,5-6,9-10,13-14,16H2,1H3,(H,26,29). The highest BCUT2D eigenvalue weighted by molar-refractivity contribution is 7.99. The minimum Gasteiger partial charge on any atom is -0.486 e. The number of benzene rings is 2. The van der Waals surface area contributed by atoms with Gasteiger partial charge in [0.25, 0.3) is 0 Å². The maximum absolute atomic E-state index is 12.8. The molecule has 2 heterocycles. The highest BCUT2D eigenvalue weighted by Crippen LogP contribution is 2.33. The lowest BCUT2D eigenvalue weighted by atomic mass is 10.0. The fourth-order valence-electron chi connectivity index (χ4n) is 4.28. The summed E-state index contributed by atoms with van der Waals surface area (Å²) in [6.07, 6.45) is 4.40. The van der Waals surface area contributed by atoms with E-state index in [1.807, 2.05) is 43.3 Å². The quantitative estimate of drug-likeness (QED) is 0.562. The van der Waals surface area contributed by atoms with Crippen molar-refractivity contribution < 1.29 is 14.3 Å². The molecule has 0 fully saturated rings. The number of nitrogens with zero attached hydrogens (tertiary/aromatic N) is 2. The van der Waals surface area contributed by atoms with Gasteiger partial charge in [-0.1, -0.05) is 36.0 Å². The van der Waals surface area contributed by atoms with Gasteiger partial charge < -0.3 is 14.8 Å². The molecule has 1 aromatic heterocycles.